The molecule has 10 nitrogen and oxygen atoms in total. The number of hydrogen-bond donors (Lipinski definition) is 3. The van der Waals surface area contributed by atoms with Crippen molar-refractivity contribution in [3.05, 3.63) is 58.1 Å². The van der Waals surface area contributed by atoms with Crippen molar-refractivity contribution < 1.29 is 22.9 Å². The molecule has 30 heavy (non-hydrogen) atoms. The Labute approximate surface area is 176 Å². The number of thioether (sulfide) groups is 1. The fourth-order valence-electron chi connectivity index (χ4n) is 2.67. The van der Waals surface area contributed by atoms with Crippen LogP contribution in [0.25, 0.3) is 0 Å². The van der Waals surface area contributed by atoms with Crippen LogP contribution in [-0.4, -0.2) is 44.0 Å². The first-order valence-electron chi connectivity index (χ1n) is 8.85. The van der Waals surface area contributed by atoms with Crippen LogP contribution in [0.4, 0.5) is 11.4 Å². The summed E-state index contributed by atoms with van der Waals surface area (Å²) in [6, 6.07) is 9.65. The molecule has 2 amide bonds. The number of carbonyl (C=O) groups is 2. The molecular weight excluding hydrogens is 432 g/mol. The molecule has 0 fully saturated rings. The molecular formula is C18H18N4O6S2. The maximum absolute atomic E-state index is 12.3. The third-order valence-corrected chi connectivity index (χ3v) is 6.68. The van der Waals surface area contributed by atoms with Crippen LogP contribution in [0.1, 0.15) is 16.8 Å². The number of nitrogens with zero attached hydrogens (tertiary/aromatic N) is 1. The van der Waals surface area contributed by atoms with Gasteiger partial charge in [-0.25, -0.2) is 13.1 Å². The molecule has 0 unspecified atom stereocenters. The Hall–Kier alpha value is -2.96. The van der Waals surface area contributed by atoms with Gasteiger partial charge in [-0.15, -0.1) is 11.8 Å². The average molecular weight is 450 g/mol. The molecule has 3 rings (SSSR count). The van der Waals surface area contributed by atoms with Crippen LogP contribution in [-0.2, 0) is 14.8 Å². The van der Waals surface area contributed by atoms with E-state index in [0.717, 1.165) is 11.0 Å². The van der Waals surface area contributed by atoms with Crippen molar-refractivity contribution in [3.63, 3.8) is 0 Å². The summed E-state index contributed by atoms with van der Waals surface area (Å²) in [6.45, 7) is -0.0977. The lowest BCUT2D eigenvalue weighted by atomic mass is 10.2. The zero-order valence-electron chi connectivity index (χ0n) is 15.6. The number of sulfonamides is 1. The van der Waals surface area contributed by atoms with E-state index in [9.17, 15) is 28.1 Å². The minimum Gasteiger partial charge on any atom is -0.351 e. The van der Waals surface area contributed by atoms with Crippen molar-refractivity contribution in [1.29, 1.82) is 0 Å². The van der Waals surface area contributed by atoms with Gasteiger partial charge in [0.15, 0.2) is 0 Å². The number of rotatable bonds is 7. The van der Waals surface area contributed by atoms with E-state index >= 15 is 0 Å². The van der Waals surface area contributed by atoms with Crippen molar-refractivity contribution in [2.45, 2.75) is 16.2 Å². The molecule has 0 aliphatic carbocycles. The van der Waals surface area contributed by atoms with E-state index in [4.69, 9.17) is 0 Å². The van der Waals surface area contributed by atoms with Crippen LogP contribution in [0, 0.1) is 10.1 Å². The van der Waals surface area contributed by atoms with Crippen molar-refractivity contribution in [1.82, 2.24) is 10.0 Å². The molecule has 2 aromatic rings. The monoisotopic (exact) mass is 450 g/mol. The van der Waals surface area contributed by atoms with Gasteiger partial charge in [0.1, 0.15) is 0 Å². The predicted octanol–water partition coefficient (Wildman–Crippen LogP) is 1.74. The number of nitro benzene ring substituents is 1. The Balaban J connectivity index is 1.56. The summed E-state index contributed by atoms with van der Waals surface area (Å²) < 4.78 is 26.8. The summed E-state index contributed by atoms with van der Waals surface area (Å²) in [5, 5.41) is 16.1. The topological polar surface area (TPSA) is 148 Å². The van der Waals surface area contributed by atoms with Gasteiger partial charge >= 0.3 is 0 Å². The van der Waals surface area contributed by atoms with Gasteiger partial charge in [0.2, 0.25) is 15.9 Å². The molecule has 1 aliphatic rings. The maximum atomic E-state index is 12.3. The average Bonchev–Trinajstić information content (AvgIpc) is 2.91. The van der Waals surface area contributed by atoms with Crippen molar-refractivity contribution in [2.24, 2.45) is 0 Å². The van der Waals surface area contributed by atoms with E-state index < -0.39 is 20.9 Å². The van der Waals surface area contributed by atoms with E-state index in [2.05, 4.69) is 15.4 Å². The molecule has 0 aromatic heterocycles. The Morgan fingerprint density at radius 3 is 2.77 bits per heavy atom. The lowest BCUT2D eigenvalue weighted by Gasteiger charge is -2.10. The lowest BCUT2D eigenvalue weighted by molar-refractivity contribution is -0.385. The van der Waals surface area contributed by atoms with Gasteiger partial charge < -0.3 is 10.6 Å². The Morgan fingerprint density at radius 2 is 2.00 bits per heavy atom. The van der Waals surface area contributed by atoms with Crippen LogP contribution < -0.4 is 15.4 Å². The van der Waals surface area contributed by atoms with Gasteiger partial charge in [0, 0.05) is 47.9 Å². The second-order valence-electron chi connectivity index (χ2n) is 6.27. The Morgan fingerprint density at radius 1 is 1.20 bits per heavy atom. The molecule has 1 heterocycles. The van der Waals surface area contributed by atoms with Crippen LogP contribution in [0.3, 0.4) is 0 Å². The van der Waals surface area contributed by atoms with Crippen LogP contribution in [0.15, 0.2) is 52.3 Å². The number of fused-ring (bicyclic) bond motifs is 1. The van der Waals surface area contributed by atoms with Crippen molar-refractivity contribution >= 4 is 45.0 Å². The number of carbonyl (C=O) groups excluding carboxylic acids is 2. The number of nitrogens with one attached hydrogen (secondary N) is 3. The van der Waals surface area contributed by atoms with E-state index in [-0.39, 0.29) is 29.6 Å². The first kappa shape index (κ1) is 21.7. The quantitative estimate of drug-likeness (QED) is 0.331. The highest BCUT2D eigenvalue weighted by Gasteiger charge is 2.18. The van der Waals surface area contributed by atoms with Gasteiger partial charge in [-0.2, -0.15) is 0 Å². The molecule has 1 aliphatic heterocycles. The highest BCUT2D eigenvalue weighted by molar-refractivity contribution is 7.99. The summed E-state index contributed by atoms with van der Waals surface area (Å²) in [5.74, 6) is 0.125. The minimum absolute atomic E-state index is 0.00514. The molecule has 0 radical (unpaired) electrons. The third-order valence-electron chi connectivity index (χ3n) is 4.14. The standard InChI is InChI=1S/C18H18N4O6S2/c23-17-6-9-29-16-5-4-12(10-15(16)21-17)18(24)19-7-8-20-30(27,28)14-3-1-2-13(11-14)22(25)26/h1-5,10-11,20H,6-9H2,(H,19,24)(H,21,23). The number of benzene rings is 2. The molecule has 0 saturated heterocycles. The maximum Gasteiger partial charge on any atom is 0.270 e. The predicted molar refractivity (Wildman–Crippen MR) is 111 cm³/mol. The van der Waals surface area contributed by atoms with Gasteiger partial charge in [-0.05, 0) is 24.3 Å². The summed E-state index contributed by atoms with van der Waals surface area (Å²) >= 11 is 1.52. The van der Waals surface area contributed by atoms with Crippen molar-refractivity contribution in [3.8, 4) is 0 Å². The van der Waals surface area contributed by atoms with E-state index in [0.29, 0.717) is 23.4 Å². The third kappa shape index (κ3) is 5.34. The number of amides is 2. The number of non-ortho nitro benzene ring substituents is 1. The first-order valence-corrected chi connectivity index (χ1v) is 11.3. The number of nitro groups is 1. The van der Waals surface area contributed by atoms with Gasteiger partial charge in [-0.3, -0.25) is 19.7 Å². The molecule has 3 N–H and O–H groups in total. The fraction of sp³-hybridized carbons (Fsp3) is 0.222. The second-order valence-corrected chi connectivity index (χ2v) is 9.17. The van der Waals surface area contributed by atoms with E-state index in [1.165, 1.54) is 30.0 Å². The molecule has 12 heteroatoms. The minimum atomic E-state index is -3.96. The molecule has 158 valence electrons. The highest BCUT2D eigenvalue weighted by Crippen LogP contribution is 2.31. The Kier molecular flexibility index (Phi) is 6.70. The first-order chi connectivity index (χ1) is 14.3. The second kappa shape index (κ2) is 9.24. The Bertz CT molecular complexity index is 1100. The summed E-state index contributed by atoms with van der Waals surface area (Å²) in [5.41, 5.74) is 0.569. The van der Waals surface area contributed by atoms with Crippen LogP contribution >= 0.6 is 11.8 Å². The largest absolute Gasteiger partial charge is 0.351 e. The normalized spacial score (nSPS) is 13.7. The number of anilines is 1. The van der Waals surface area contributed by atoms with Crippen molar-refractivity contribution in [2.75, 3.05) is 24.2 Å². The number of hydrogen-bond acceptors (Lipinski definition) is 7. The van der Waals surface area contributed by atoms with E-state index in [1.807, 2.05) is 0 Å². The highest BCUT2D eigenvalue weighted by atomic mass is 32.2. The van der Waals surface area contributed by atoms with Gasteiger partial charge in [0.25, 0.3) is 11.6 Å². The smallest absolute Gasteiger partial charge is 0.270 e. The van der Waals surface area contributed by atoms with Gasteiger partial charge in [0.05, 0.1) is 15.5 Å². The molecule has 0 saturated carbocycles. The lowest BCUT2D eigenvalue weighted by Crippen LogP contribution is -2.34. The zero-order valence-corrected chi connectivity index (χ0v) is 17.2. The summed E-state index contributed by atoms with van der Waals surface area (Å²) in [6.07, 6.45) is 0.394. The molecule has 2 aromatic carbocycles. The molecule has 0 bridgehead atoms. The molecule has 0 atom stereocenters. The zero-order chi connectivity index (χ0) is 21.7. The van der Waals surface area contributed by atoms with Crippen LogP contribution in [0.2, 0.25) is 0 Å². The van der Waals surface area contributed by atoms with Crippen LogP contribution in [0.5, 0.6) is 0 Å². The summed E-state index contributed by atoms with van der Waals surface area (Å²) in [4.78, 5) is 34.8. The SMILES string of the molecule is O=C1CCSc2ccc(C(=O)NCCNS(=O)(=O)c3cccc([N+](=O)[O-])c3)cc2N1. The fourth-order valence-corrected chi connectivity index (χ4v) is 4.68. The summed E-state index contributed by atoms with van der Waals surface area (Å²) in [7, 11) is -3.96. The van der Waals surface area contributed by atoms with E-state index in [1.54, 1.807) is 18.2 Å². The molecule has 0 spiro atoms. The van der Waals surface area contributed by atoms with Gasteiger partial charge in [-0.1, -0.05) is 6.07 Å².